The third kappa shape index (κ3) is 3.41. The normalized spacial score (nSPS) is 19.2. The third-order valence-electron chi connectivity index (χ3n) is 6.11. The number of methoxy groups -OCH3 is 1. The number of fused-ring (bicyclic) bond motifs is 4. The van der Waals surface area contributed by atoms with Crippen molar-refractivity contribution in [1.29, 1.82) is 0 Å². The van der Waals surface area contributed by atoms with Crippen molar-refractivity contribution in [3.63, 3.8) is 0 Å². The lowest BCUT2D eigenvalue weighted by Gasteiger charge is -2.33. The second-order valence-corrected chi connectivity index (χ2v) is 8.09. The number of nitrogens with zero attached hydrogens (tertiary/aromatic N) is 3. The van der Waals surface area contributed by atoms with Crippen molar-refractivity contribution < 1.29 is 23.9 Å². The lowest BCUT2D eigenvalue weighted by atomic mass is 9.90. The molecule has 0 fully saturated rings. The number of carbonyl (C=O) groups is 3. The quantitative estimate of drug-likeness (QED) is 0.516. The van der Waals surface area contributed by atoms with Gasteiger partial charge in [0.25, 0.3) is 11.8 Å². The SMILES string of the molecule is COc1ccc2c(c1)C1=NN(CCCCN3C(=O)c4ccccc4C3=O)C(=O)CC1CO2. The predicted octanol–water partition coefficient (Wildman–Crippen LogP) is 2.72. The van der Waals surface area contributed by atoms with Crippen LogP contribution in [-0.2, 0) is 4.79 Å². The zero-order chi connectivity index (χ0) is 22.2. The summed E-state index contributed by atoms with van der Waals surface area (Å²) in [6.45, 7) is 1.18. The summed E-state index contributed by atoms with van der Waals surface area (Å²) in [4.78, 5) is 38.8. The van der Waals surface area contributed by atoms with Crippen LogP contribution in [0.15, 0.2) is 47.6 Å². The number of ether oxygens (including phenoxy) is 2. The van der Waals surface area contributed by atoms with Gasteiger partial charge in [-0.1, -0.05) is 12.1 Å². The van der Waals surface area contributed by atoms with Crippen molar-refractivity contribution in [3.05, 3.63) is 59.2 Å². The molecule has 3 heterocycles. The second kappa shape index (κ2) is 8.11. The molecule has 1 atom stereocenters. The molecule has 2 aromatic carbocycles. The van der Waals surface area contributed by atoms with Gasteiger partial charge in [0.15, 0.2) is 0 Å². The number of imide groups is 1. The standard InChI is InChI=1S/C24H23N3O5/c1-31-16-8-9-20-19(13-16)22-15(14-32-20)12-21(28)27(25-22)11-5-4-10-26-23(29)17-6-2-3-7-18(17)24(26)30/h2-3,6-9,13,15H,4-5,10-12,14H2,1H3. The molecule has 164 valence electrons. The van der Waals surface area contributed by atoms with E-state index in [1.807, 2.05) is 18.2 Å². The number of hydrogen-bond donors (Lipinski definition) is 0. The average Bonchev–Trinajstić information content (AvgIpc) is 3.06. The fourth-order valence-corrected chi connectivity index (χ4v) is 4.39. The molecule has 32 heavy (non-hydrogen) atoms. The Morgan fingerprint density at radius 3 is 2.44 bits per heavy atom. The first kappa shape index (κ1) is 20.2. The van der Waals surface area contributed by atoms with Crippen LogP contribution in [0.5, 0.6) is 11.5 Å². The van der Waals surface area contributed by atoms with Crippen molar-refractivity contribution in [3.8, 4) is 11.5 Å². The van der Waals surface area contributed by atoms with Gasteiger partial charge in [0.2, 0.25) is 5.91 Å². The molecule has 1 unspecified atom stereocenters. The summed E-state index contributed by atoms with van der Waals surface area (Å²) in [6.07, 6.45) is 1.56. The van der Waals surface area contributed by atoms with Crippen LogP contribution in [0.3, 0.4) is 0 Å². The van der Waals surface area contributed by atoms with Gasteiger partial charge in [-0.25, -0.2) is 5.01 Å². The van der Waals surface area contributed by atoms with Gasteiger partial charge in [0, 0.05) is 31.0 Å². The van der Waals surface area contributed by atoms with Gasteiger partial charge in [-0.05, 0) is 43.2 Å². The van der Waals surface area contributed by atoms with E-state index < -0.39 is 0 Å². The Morgan fingerprint density at radius 1 is 1.00 bits per heavy atom. The van der Waals surface area contributed by atoms with Crippen LogP contribution in [0.1, 0.15) is 45.5 Å². The highest BCUT2D eigenvalue weighted by Gasteiger charge is 2.36. The van der Waals surface area contributed by atoms with Crippen LogP contribution in [0.2, 0.25) is 0 Å². The van der Waals surface area contributed by atoms with Gasteiger partial charge in [-0.3, -0.25) is 19.3 Å². The number of carbonyl (C=O) groups excluding carboxylic acids is 3. The number of amides is 3. The Balaban J connectivity index is 1.24. The Kier molecular flexibility index (Phi) is 5.13. The number of unbranched alkanes of at least 4 members (excludes halogenated alkanes) is 1. The molecule has 8 heteroatoms. The van der Waals surface area contributed by atoms with Gasteiger partial charge in [0.1, 0.15) is 11.5 Å². The molecule has 8 nitrogen and oxygen atoms in total. The molecular weight excluding hydrogens is 410 g/mol. The molecule has 2 aromatic rings. The third-order valence-corrected chi connectivity index (χ3v) is 6.11. The molecule has 0 spiro atoms. The molecule has 0 aliphatic carbocycles. The van der Waals surface area contributed by atoms with Gasteiger partial charge < -0.3 is 9.47 Å². The minimum absolute atomic E-state index is 0.0468. The van der Waals surface area contributed by atoms with Crippen molar-refractivity contribution in [2.45, 2.75) is 19.3 Å². The summed E-state index contributed by atoms with van der Waals surface area (Å²) in [5.74, 6) is 0.818. The maximum atomic E-state index is 12.6. The number of benzene rings is 2. The first-order valence-electron chi connectivity index (χ1n) is 10.7. The Hall–Kier alpha value is -3.68. The van der Waals surface area contributed by atoms with Crippen LogP contribution in [0, 0.1) is 5.92 Å². The second-order valence-electron chi connectivity index (χ2n) is 8.09. The first-order chi connectivity index (χ1) is 15.6. The summed E-state index contributed by atoms with van der Waals surface area (Å²) in [6, 6.07) is 12.4. The fourth-order valence-electron chi connectivity index (χ4n) is 4.39. The van der Waals surface area contributed by atoms with E-state index in [1.54, 1.807) is 31.4 Å². The van der Waals surface area contributed by atoms with E-state index in [2.05, 4.69) is 5.10 Å². The van der Waals surface area contributed by atoms with Crippen LogP contribution in [0.4, 0.5) is 0 Å². The average molecular weight is 433 g/mol. The molecule has 0 radical (unpaired) electrons. The summed E-state index contributed by atoms with van der Waals surface area (Å²) < 4.78 is 11.1. The Morgan fingerprint density at radius 2 is 1.72 bits per heavy atom. The molecule has 0 saturated heterocycles. The van der Waals surface area contributed by atoms with E-state index in [-0.39, 0.29) is 23.6 Å². The Bertz CT molecular complexity index is 1110. The monoisotopic (exact) mass is 433 g/mol. The minimum Gasteiger partial charge on any atom is -0.497 e. The topological polar surface area (TPSA) is 88.5 Å². The van der Waals surface area contributed by atoms with Crippen LogP contribution in [0.25, 0.3) is 0 Å². The highest BCUT2D eigenvalue weighted by Crippen LogP contribution is 2.34. The largest absolute Gasteiger partial charge is 0.497 e. The van der Waals surface area contributed by atoms with Crippen LogP contribution >= 0.6 is 0 Å². The summed E-state index contributed by atoms with van der Waals surface area (Å²) >= 11 is 0. The number of hydrogen-bond acceptors (Lipinski definition) is 6. The summed E-state index contributed by atoms with van der Waals surface area (Å²) in [5, 5.41) is 6.15. The van der Waals surface area contributed by atoms with Crippen molar-refractivity contribution in [2.75, 3.05) is 26.8 Å². The highest BCUT2D eigenvalue weighted by molar-refractivity contribution is 6.21. The zero-order valence-electron chi connectivity index (χ0n) is 17.7. The molecule has 3 aliphatic heterocycles. The van der Waals surface area contributed by atoms with Crippen LogP contribution < -0.4 is 9.47 Å². The lowest BCUT2D eigenvalue weighted by molar-refractivity contribution is -0.133. The maximum Gasteiger partial charge on any atom is 0.261 e. The van der Waals surface area contributed by atoms with E-state index >= 15 is 0 Å². The fraction of sp³-hybridized carbons (Fsp3) is 0.333. The molecular formula is C24H23N3O5. The number of rotatable bonds is 6. The predicted molar refractivity (Wildman–Crippen MR) is 116 cm³/mol. The first-order valence-corrected chi connectivity index (χ1v) is 10.7. The maximum absolute atomic E-state index is 12.6. The minimum atomic E-state index is -0.254. The van der Waals surface area contributed by atoms with E-state index in [1.165, 1.54) is 9.91 Å². The molecule has 3 aliphatic rings. The number of hydrazone groups is 1. The summed E-state index contributed by atoms with van der Waals surface area (Å²) in [7, 11) is 1.61. The molecule has 0 aromatic heterocycles. The van der Waals surface area contributed by atoms with E-state index in [4.69, 9.17) is 9.47 Å². The van der Waals surface area contributed by atoms with Gasteiger partial charge in [-0.15, -0.1) is 0 Å². The van der Waals surface area contributed by atoms with E-state index in [0.717, 1.165) is 17.0 Å². The van der Waals surface area contributed by atoms with Crippen molar-refractivity contribution >= 4 is 23.4 Å². The zero-order valence-corrected chi connectivity index (χ0v) is 17.7. The molecule has 0 saturated carbocycles. The highest BCUT2D eigenvalue weighted by atomic mass is 16.5. The van der Waals surface area contributed by atoms with Gasteiger partial charge in [0.05, 0.1) is 30.6 Å². The van der Waals surface area contributed by atoms with Crippen molar-refractivity contribution in [2.24, 2.45) is 11.0 Å². The van der Waals surface area contributed by atoms with Gasteiger partial charge in [-0.2, -0.15) is 5.10 Å². The van der Waals surface area contributed by atoms with Gasteiger partial charge >= 0.3 is 0 Å². The van der Waals surface area contributed by atoms with E-state index in [9.17, 15) is 14.4 Å². The smallest absolute Gasteiger partial charge is 0.261 e. The summed E-state index contributed by atoms with van der Waals surface area (Å²) in [5.41, 5.74) is 2.60. The molecule has 3 amide bonds. The van der Waals surface area contributed by atoms with E-state index in [0.29, 0.717) is 55.8 Å². The Labute approximate surface area is 185 Å². The molecule has 5 rings (SSSR count). The van der Waals surface area contributed by atoms with Crippen LogP contribution in [-0.4, -0.2) is 60.1 Å². The molecule has 0 N–H and O–H groups in total. The lowest BCUT2D eigenvalue weighted by Crippen LogP contribution is -2.42. The molecule has 0 bridgehead atoms. The van der Waals surface area contributed by atoms with Crippen molar-refractivity contribution in [1.82, 2.24) is 9.91 Å².